The van der Waals surface area contributed by atoms with Crippen LogP contribution in [0.3, 0.4) is 0 Å². The maximum absolute atomic E-state index is 13.6. The average molecular weight is 516 g/mol. The molecule has 2 N–H and O–H groups in total. The van der Waals surface area contributed by atoms with Gasteiger partial charge >= 0.3 is 0 Å². The van der Waals surface area contributed by atoms with Gasteiger partial charge in [0.2, 0.25) is 0 Å². The maximum atomic E-state index is 13.6. The quantitative estimate of drug-likeness (QED) is 0.403. The summed E-state index contributed by atoms with van der Waals surface area (Å²) in [4.78, 5) is 21.3. The number of hydrogen-bond acceptors (Lipinski definition) is 8. The minimum atomic E-state index is -0.401. The molecule has 0 aliphatic carbocycles. The highest BCUT2D eigenvalue weighted by molar-refractivity contribution is 5.83. The molecule has 10 nitrogen and oxygen atoms in total. The van der Waals surface area contributed by atoms with Gasteiger partial charge in [0.25, 0.3) is 5.56 Å². The molecule has 0 radical (unpaired) electrons. The van der Waals surface area contributed by atoms with E-state index in [0.29, 0.717) is 17.9 Å². The van der Waals surface area contributed by atoms with Crippen LogP contribution in [0.15, 0.2) is 47.3 Å². The Morgan fingerprint density at radius 1 is 1.11 bits per heavy atom. The Labute approximate surface area is 220 Å². The summed E-state index contributed by atoms with van der Waals surface area (Å²) in [5.41, 5.74) is 4.64. The summed E-state index contributed by atoms with van der Waals surface area (Å²) in [5.74, 6) is 0.916. The fourth-order valence-corrected chi connectivity index (χ4v) is 5.83. The van der Waals surface area contributed by atoms with Crippen molar-refractivity contribution in [1.29, 1.82) is 0 Å². The number of hydrogen-bond donors (Lipinski definition) is 2. The van der Waals surface area contributed by atoms with Gasteiger partial charge in [0.05, 0.1) is 18.2 Å². The van der Waals surface area contributed by atoms with E-state index in [9.17, 15) is 9.90 Å². The monoisotopic (exact) mass is 515 g/mol. The molecule has 0 bridgehead atoms. The molecule has 198 valence electrons. The molecule has 4 aromatic rings. The minimum Gasteiger partial charge on any atom is -0.508 e. The maximum Gasteiger partial charge on any atom is 0.253 e. The van der Waals surface area contributed by atoms with Crippen molar-refractivity contribution >= 4 is 16.6 Å². The third-order valence-electron chi connectivity index (χ3n) is 7.72. The number of aromatic amines is 1. The van der Waals surface area contributed by atoms with Crippen LogP contribution in [0.1, 0.15) is 41.4 Å². The normalized spacial score (nSPS) is 19.3. The van der Waals surface area contributed by atoms with Crippen LogP contribution in [0.2, 0.25) is 0 Å². The molecule has 0 spiro atoms. The first-order valence-corrected chi connectivity index (χ1v) is 13.3. The molecule has 38 heavy (non-hydrogen) atoms. The molecule has 2 aliphatic rings. The zero-order valence-electron chi connectivity index (χ0n) is 21.8. The third-order valence-corrected chi connectivity index (χ3v) is 7.72. The fraction of sp³-hybridized carbons (Fsp3) is 0.429. The van der Waals surface area contributed by atoms with E-state index in [4.69, 9.17) is 4.74 Å². The molecule has 2 fully saturated rings. The van der Waals surface area contributed by atoms with Crippen molar-refractivity contribution in [1.82, 2.24) is 30.1 Å². The van der Waals surface area contributed by atoms with Gasteiger partial charge in [-0.2, -0.15) is 0 Å². The Morgan fingerprint density at radius 2 is 1.89 bits per heavy atom. The van der Waals surface area contributed by atoms with Gasteiger partial charge in [-0.15, -0.1) is 5.10 Å². The highest BCUT2D eigenvalue weighted by Crippen LogP contribution is 2.30. The summed E-state index contributed by atoms with van der Waals surface area (Å²) in [6.45, 7) is 8.41. The van der Waals surface area contributed by atoms with Crippen LogP contribution >= 0.6 is 0 Å². The van der Waals surface area contributed by atoms with E-state index in [1.54, 1.807) is 12.1 Å². The molecule has 10 heteroatoms. The Morgan fingerprint density at radius 3 is 2.63 bits per heavy atom. The number of ether oxygens (including phenoxy) is 1. The largest absolute Gasteiger partial charge is 0.508 e. The topological polar surface area (TPSA) is 112 Å². The second kappa shape index (κ2) is 10.2. The molecule has 0 amide bonds. The molecule has 6 rings (SSSR count). The van der Waals surface area contributed by atoms with E-state index in [-0.39, 0.29) is 17.4 Å². The molecule has 2 aromatic carbocycles. The van der Waals surface area contributed by atoms with Crippen LogP contribution in [0.25, 0.3) is 10.9 Å². The smallest absolute Gasteiger partial charge is 0.253 e. The van der Waals surface area contributed by atoms with Gasteiger partial charge in [-0.05, 0) is 84.5 Å². The van der Waals surface area contributed by atoms with E-state index in [1.165, 1.54) is 0 Å². The molecular weight excluding hydrogens is 482 g/mol. The van der Waals surface area contributed by atoms with Crippen LogP contribution in [-0.2, 0) is 11.3 Å². The Kier molecular flexibility index (Phi) is 6.59. The lowest BCUT2D eigenvalue weighted by atomic mass is 10.00. The summed E-state index contributed by atoms with van der Waals surface area (Å²) in [7, 11) is 0. The highest BCUT2D eigenvalue weighted by Gasteiger charge is 2.33. The van der Waals surface area contributed by atoms with Gasteiger partial charge in [-0.1, -0.05) is 11.6 Å². The third kappa shape index (κ3) is 4.77. The predicted octanol–water partition coefficient (Wildman–Crippen LogP) is 2.93. The van der Waals surface area contributed by atoms with Crippen LogP contribution in [-0.4, -0.2) is 74.1 Å². The summed E-state index contributed by atoms with van der Waals surface area (Å²) in [6, 6.07) is 13.1. The second-order valence-electron chi connectivity index (χ2n) is 10.4. The Hall–Kier alpha value is -3.76. The van der Waals surface area contributed by atoms with Gasteiger partial charge in [-0.25, -0.2) is 4.68 Å². The number of tetrazole rings is 1. The zero-order valence-corrected chi connectivity index (χ0v) is 21.8. The van der Waals surface area contributed by atoms with Crippen molar-refractivity contribution in [3.05, 3.63) is 75.3 Å². The first-order valence-electron chi connectivity index (χ1n) is 13.3. The van der Waals surface area contributed by atoms with Crippen LogP contribution in [0.4, 0.5) is 5.69 Å². The molecule has 4 heterocycles. The van der Waals surface area contributed by atoms with Gasteiger partial charge < -0.3 is 19.7 Å². The van der Waals surface area contributed by atoms with Crippen molar-refractivity contribution in [2.24, 2.45) is 0 Å². The zero-order chi connectivity index (χ0) is 26.2. The van der Waals surface area contributed by atoms with Crippen molar-refractivity contribution in [3.8, 4) is 5.75 Å². The van der Waals surface area contributed by atoms with E-state index in [0.717, 1.165) is 73.3 Å². The summed E-state index contributed by atoms with van der Waals surface area (Å²) >= 11 is 0. The van der Waals surface area contributed by atoms with Crippen LogP contribution < -0.4 is 10.5 Å². The Balaban J connectivity index is 1.38. The van der Waals surface area contributed by atoms with E-state index < -0.39 is 6.04 Å². The average Bonchev–Trinajstić information content (AvgIpc) is 3.59. The molecule has 2 atom stereocenters. The lowest BCUT2D eigenvalue weighted by Gasteiger charge is -2.39. The number of aromatic nitrogens is 5. The highest BCUT2D eigenvalue weighted by atomic mass is 16.5. The predicted molar refractivity (Wildman–Crippen MR) is 145 cm³/mol. The van der Waals surface area contributed by atoms with Crippen molar-refractivity contribution < 1.29 is 9.84 Å². The number of benzene rings is 2. The van der Waals surface area contributed by atoms with E-state index >= 15 is 0 Å². The second-order valence-corrected chi connectivity index (χ2v) is 10.4. The van der Waals surface area contributed by atoms with Crippen molar-refractivity contribution in [2.45, 2.75) is 45.4 Å². The fourth-order valence-electron chi connectivity index (χ4n) is 5.83. The number of phenols is 1. The number of rotatable bonds is 6. The van der Waals surface area contributed by atoms with Crippen LogP contribution in [0, 0.1) is 13.8 Å². The SMILES string of the molecule is Cc1cc(C)c2[nH]c(=O)c([C@@H](c3nnnn3C[C@H]3CCCO3)N3CCN(c4ccc(O)cc4)CC3)cc2c1. The molecule has 2 aliphatic heterocycles. The number of phenolic OH excluding ortho intramolecular Hbond substituents is 1. The molecule has 0 saturated carbocycles. The first-order chi connectivity index (χ1) is 18.5. The lowest BCUT2D eigenvalue weighted by Crippen LogP contribution is -2.49. The van der Waals surface area contributed by atoms with E-state index in [1.807, 2.05) is 29.8 Å². The molecular formula is C28H33N7O3. The Bertz CT molecular complexity index is 1480. The number of H-pyrrole nitrogens is 1. The minimum absolute atomic E-state index is 0.0735. The number of pyridine rings is 1. The van der Waals surface area contributed by atoms with Gasteiger partial charge in [0, 0.05) is 44.0 Å². The van der Waals surface area contributed by atoms with Crippen LogP contribution in [0.5, 0.6) is 5.75 Å². The standard InChI is InChI=1S/C28H33N7O3/c1-18-14-19(2)25-20(15-18)16-24(28(37)29-25)26(27-30-31-32-35(27)17-23-4-3-13-38-23)34-11-9-33(10-12-34)21-5-7-22(36)8-6-21/h5-8,14-16,23,26,36H,3-4,9-13,17H2,1-2H3,(H,29,37)/t23-,26+/m1/s1. The number of anilines is 1. The number of aromatic hydroxyl groups is 1. The first kappa shape index (κ1) is 24.6. The van der Waals surface area contributed by atoms with Gasteiger partial charge in [0.1, 0.15) is 11.8 Å². The lowest BCUT2D eigenvalue weighted by molar-refractivity contribution is 0.0906. The molecule has 2 aromatic heterocycles. The van der Waals surface area contributed by atoms with Gasteiger partial charge in [0.15, 0.2) is 5.82 Å². The molecule has 2 saturated heterocycles. The van der Waals surface area contributed by atoms with E-state index in [2.05, 4.69) is 49.4 Å². The summed E-state index contributed by atoms with van der Waals surface area (Å²) in [6.07, 6.45) is 2.09. The molecule has 0 unspecified atom stereocenters. The number of aryl methyl sites for hydroxylation is 2. The summed E-state index contributed by atoms with van der Waals surface area (Å²) in [5, 5.41) is 23.5. The van der Waals surface area contributed by atoms with Crippen molar-refractivity contribution in [2.75, 3.05) is 37.7 Å². The number of piperazine rings is 1. The van der Waals surface area contributed by atoms with Gasteiger partial charge in [-0.3, -0.25) is 9.69 Å². The number of nitrogens with one attached hydrogen (secondary N) is 1. The van der Waals surface area contributed by atoms with Crippen molar-refractivity contribution in [3.63, 3.8) is 0 Å². The summed E-state index contributed by atoms with van der Waals surface area (Å²) < 4.78 is 7.69. The number of fused-ring (bicyclic) bond motifs is 1. The number of nitrogens with zero attached hydrogens (tertiary/aromatic N) is 6.